The van der Waals surface area contributed by atoms with Crippen molar-refractivity contribution < 1.29 is 23.8 Å². The highest BCUT2D eigenvalue weighted by atomic mass is 35.5. The molecule has 1 aromatic heterocycles. The first kappa shape index (κ1) is 15.8. The van der Waals surface area contributed by atoms with Gasteiger partial charge in [0, 0.05) is 0 Å². The third kappa shape index (κ3) is 4.03. The summed E-state index contributed by atoms with van der Waals surface area (Å²) in [4.78, 5) is 24.2. The van der Waals surface area contributed by atoms with Crippen molar-refractivity contribution in [3.63, 3.8) is 0 Å². The van der Waals surface area contributed by atoms with Crippen molar-refractivity contribution >= 4 is 34.7 Å². The van der Waals surface area contributed by atoms with Crippen LogP contribution in [0.5, 0.6) is 11.5 Å². The van der Waals surface area contributed by atoms with Crippen LogP contribution < -0.4 is 9.47 Å². The molecule has 0 aliphatic carbocycles. The summed E-state index contributed by atoms with van der Waals surface area (Å²) in [6, 6.07) is 8.53. The number of esters is 1. The molecule has 1 aromatic carbocycles. The predicted molar refractivity (Wildman–Crippen MR) is 85.8 cm³/mol. The number of carbonyl (C=O) groups excluding carboxylic acids is 2. The summed E-state index contributed by atoms with van der Waals surface area (Å²) in [6.45, 7) is 0.711. The lowest BCUT2D eigenvalue weighted by atomic mass is 10.1. The Balaban J connectivity index is 1.54. The third-order valence-electron chi connectivity index (χ3n) is 3.17. The van der Waals surface area contributed by atoms with E-state index in [1.54, 1.807) is 30.3 Å². The molecule has 2 heterocycles. The molecule has 0 unspecified atom stereocenters. The molecule has 0 spiro atoms. The van der Waals surface area contributed by atoms with Gasteiger partial charge in [-0.3, -0.25) is 9.59 Å². The van der Waals surface area contributed by atoms with Crippen LogP contribution in [0.15, 0.2) is 30.3 Å². The highest BCUT2D eigenvalue weighted by Gasteiger charge is 2.15. The molecule has 1 aliphatic rings. The number of fused-ring (bicyclic) bond motifs is 1. The van der Waals surface area contributed by atoms with Crippen LogP contribution in [-0.2, 0) is 16.0 Å². The molecule has 0 atom stereocenters. The first-order chi connectivity index (χ1) is 11.1. The largest absolute Gasteiger partial charge is 0.486 e. The van der Waals surface area contributed by atoms with Gasteiger partial charge in [-0.15, -0.1) is 11.3 Å². The number of thiophene rings is 1. The number of Topliss-reactive ketones (excluding diaryl/α,β-unsaturated/α-hetero) is 1. The van der Waals surface area contributed by atoms with Crippen LogP contribution in [0.4, 0.5) is 0 Å². The quantitative estimate of drug-likeness (QED) is 0.611. The van der Waals surface area contributed by atoms with Crippen molar-refractivity contribution in [3.05, 3.63) is 45.1 Å². The van der Waals surface area contributed by atoms with E-state index in [-0.39, 0.29) is 18.8 Å². The molecule has 0 saturated heterocycles. The molecule has 0 radical (unpaired) electrons. The van der Waals surface area contributed by atoms with E-state index in [9.17, 15) is 9.59 Å². The smallest absolute Gasteiger partial charge is 0.310 e. The molecule has 23 heavy (non-hydrogen) atoms. The van der Waals surface area contributed by atoms with Crippen molar-refractivity contribution in [1.82, 2.24) is 0 Å². The summed E-state index contributed by atoms with van der Waals surface area (Å²) in [5.74, 6) is 0.541. The number of halogens is 1. The van der Waals surface area contributed by atoms with Gasteiger partial charge in [-0.2, -0.15) is 0 Å². The number of ether oxygens (including phenoxy) is 3. The van der Waals surface area contributed by atoms with Crippen molar-refractivity contribution in [2.45, 2.75) is 6.42 Å². The van der Waals surface area contributed by atoms with Crippen molar-refractivity contribution in [3.8, 4) is 11.5 Å². The van der Waals surface area contributed by atoms with Gasteiger partial charge >= 0.3 is 5.97 Å². The molecular formula is C16H13ClO5S. The van der Waals surface area contributed by atoms with Crippen LogP contribution in [0.2, 0.25) is 4.34 Å². The minimum absolute atomic E-state index is 0.0646. The maximum atomic E-state index is 11.9. The number of rotatable bonds is 5. The zero-order valence-electron chi connectivity index (χ0n) is 12.0. The van der Waals surface area contributed by atoms with Crippen molar-refractivity contribution in [1.29, 1.82) is 0 Å². The second-order valence-electron chi connectivity index (χ2n) is 4.84. The standard InChI is InChI=1S/C16H13ClO5S/c17-15-4-3-14(23-15)11(18)9-22-16(19)8-10-1-2-12-13(7-10)21-6-5-20-12/h1-4,7H,5-6,8-9H2. The van der Waals surface area contributed by atoms with E-state index in [1.807, 2.05) is 0 Å². The number of carbonyl (C=O) groups is 2. The Hall–Kier alpha value is -2.05. The maximum Gasteiger partial charge on any atom is 0.310 e. The lowest BCUT2D eigenvalue weighted by molar-refractivity contribution is -0.141. The molecule has 7 heteroatoms. The molecule has 0 saturated carbocycles. The van der Waals surface area contributed by atoms with Gasteiger partial charge in [0.25, 0.3) is 0 Å². The molecule has 120 valence electrons. The van der Waals surface area contributed by atoms with Crippen LogP contribution >= 0.6 is 22.9 Å². The van der Waals surface area contributed by atoms with E-state index >= 15 is 0 Å². The van der Waals surface area contributed by atoms with Crippen LogP contribution in [0.3, 0.4) is 0 Å². The number of hydrogen-bond donors (Lipinski definition) is 0. The van der Waals surface area contributed by atoms with E-state index < -0.39 is 5.97 Å². The molecule has 1 aliphatic heterocycles. The average Bonchev–Trinajstić information content (AvgIpc) is 2.99. The van der Waals surface area contributed by atoms with Gasteiger partial charge in [-0.05, 0) is 29.8 Å². The van der Waals surface area contributed by atoms with Gasteiger partial charge in [0.05, 0.1) is 15.6 Å². The molecule has 0 fully saturated rings. The van der Waals surface area contributed by atoms with Gasteiger partial charge in [-0.1, -0.05) is 17.7 Å². The topological polar surface area (TPSA) is 61.8 Å². The predicted octanol–water partition coefficient (Wildman–Crippen LogP) is 3.14. The minimum Gasteiger partial charge on any atom is -0.486 e. The minimum atomic E-state index is -0.474. The Morgan fingerprint density at radius 1 is 1.13 bits per heavy atom. The Bertz CT molecular complexity index is 740. The van der Waals surface area contributed by atoms with Gasteiger partial charge < -0.3 is 14.2 Å². The van der Waals surface area contributed by atoms with Gasteiger partial charge in [-0.25, -0.2) is 0 Å². The highest BCUT2D eigenvalue weighted by Crippen LogP contribution is 2.30. The molecule has 2 aromatic rings. The Kier molecular flexibility index (Phi) is 4.83. The third-order valence-corrected chi connectivity index (χ3v) is 4.44. The lowest BCUT2D eigenvalue weighted by Crippen LogP contribution is -2.17. The first-order valence-electron chi connectivity index (χ1n) is 6.94. The fraction of sp³-hybridized carbons (Fsp3) is 0.250. The van der Waals surface area contributed by atoms with Crippen LogP contribution in [-0.4, -0.2) is 31.6 Å². The van der Waals surface area contributed by atoms with E-state index in [0.29, 0.717) is 33.9 Å². The normalized spacial score (nSPS) is 12.7. The summed E-state index contributed by atoms with van der Waals surface area (Å²) in [7, 11) is 0. The summed E-state index contributed by atoms with van der Waals surface area (Å²) >= 11 is 6.93. The highest BCUT2D eigenvalue weighted by molar-refractivity contribution is 7.18. The lowest BCUT2D eigenvalue weighted by Gasteiger charge is -2.18. The van der Waals surface area contributed by atoms with Gasteiger partial charge in [0.2, 0.25) is 5.78 Å². The Morgan fingerprint density at radius 2 is 1.91 bits per heavy atom. The van der Waals surface area contributed by atoms with Crippen LogP contribution in [0.25, 0.3) is 0 Å². The molecule has 0 N–H and O–H groups in total. The average molecular weight is 353 g/mol. The summed E-state index contributed by atoms with van der Waals surface area (Å²) in [5, 5.41) is 0. The van der Waals surface area contributed by atoms with Crippen LogP contribution in [0, 0.1) is 0 Å². The van der Waals surface area contributed by atoms with Gasteiger partial charge in [0.15, 0.2) is 18.1 Å². The monoisotopic (exact) mass is 352 g/mol. The number of ketones is 1. The SMILES string of the molecule is O=C(Cc1ccc2c(c1)OCCO2)OCC(=O)c1ccc(Cl)s1. The molecular weight excluding hydrogens is 340 g/mol. The van der Waals surface area contributed by atoms with E-state index in [2.05, 4.69) is 0 Å². The second kappa shape index (κ2) is 7.02. The fourth-order valence-electron chi connectivity index (χ4n) is 2.10. The number of benzene rings is 1. The summed E-state index contributed by atoms with van der Waals surface area (Å²) in [5.41, 5.74) is 0.742. The Labute approximate surface area is 141 Å². The van der Waals surface area contributed by atoms with Crippen molar-refractivity contribution in [2.75, 3.05) is 19.8 Å². The van der Waals surface area contributed by atoms with Crippen molar-refractivity contribution in [2.24, 2.45) is 0 Å². The zero-order chi connectivity index (χ0) is 16.2. The molecule has 3 rings (SSSR count). The Morgan fingerprint density at radius 3 is 2.65 bits per heavy atom. The molecule has 0 amide bonds. The maximum absolute atomic E-state index is 11.9. The van der Waals surface area contributed by atoms with E-state index in [1.165, 1.54) is 0 Å². The number of hydrogen-bond acceptors (Lipinski definition) is 6. The second-order valence-corrected chi connectivity index (χ2v) is 6.56. The molecule has 0 bridgehead atoms. The molecule has 5 nitrogen and oxygen atoms in total. The zero-order valence-corrected chi connectivity index (χ0v) is 13.6. The first-order valence-corrected chi connectivity index (χ1v) is 8.14. The van der Waals surface area contributed by atoms with E-state index in [4.69, 9.17) is 25.8 Å². The van der Waals surface area contributed by atoms with E-state index in [0.717, 1.165) is 16.9 Å². The van der Waals surface area contributed by atoms with Crippen LogP contribution in [0.1, 0.15) is 15.2 Å². The van der Waals surface area contributed by atoms with Gasteiger partial charge in [0.1, 0.15) is 13.2 Å². The summed E-state index contributed by atoms with van der Waals surface area (Å²) < 4.78 is 16.4. The summed E-state index contributed by atoms with van der Waals surface area (Å²) in [6.07, 6.45) is 0.0646. The fourth-order valence-corrected chi connectivity index (χ4v) is 3.06.